The fraction of sp³-hybridized carbons (Fsp3) is 0.417. The zero-order valence-corrected chi connectivity index (χ0v) is 18.1. The van der Waals surface area contributed by atoms with E-state index < -0.39 is 0 Å². The van der Waals surface area contributed by atoms with E-state index in [4.69, 9.17) is 14.2 Å². The van der Waals surface area contributed by atoms with Crippen molar-refractivity contribution in [2.45, 2.75) is 38.6 Å². The Morgan fingerprint density at radius 1 is 0.931 bits per heavy atom. The molecule has 1 aromatic heterocycles. The number of fused-ring (bicyclic) bond motifs is 3. The highest BCUT2D eigenvalue weighted by Crippen LogP contribution is 2.42. The van der Waals surface area contributed by atoms with Crippen LogP contribution in [0.3, 0.4) is 0 Å². The van der Waals surface area contributed by atoms with Crippen LogP contribution in [0.5, 0.6) is 17.2 Å². The van der Waals surface area contributed by atoms with Crippen molar-refractivity contribution < 1.29 is 14.2 Å². The van der Waals surface area contributed by atoms with Crippen LogP contribution in [0.25, 0.3) is 10.9 Å². The van der Waals surface area contributed by atoms with E-state index in [1.54, 1.807) is 21.3 Å². The van der Waals surface area contributed by atoms with Gasteiger partial charge in [-0.2, -0.15) is 0 Å². The van der Waals surface area contributed by atoms with Crippen LogP contribution in [0.2, 0.25) is 0 Å². The Balaban J connectivity index is 1.89. The lowest BCUT2D eigenvalue weighted by Crippen LogP contribution is -2.31. The second-order valence-corrected chi connectivity index (χ2v) is 8.61. The van der Waals surface area contributed by atoms with E-state index in [0.717, 1.165) is 46.9 Å². The molecule has 1 aliphatic heterocycles. The predicted molar refractivity (Wildman–Crippen MR) is 117 cm³/mol. The number of methoxy groups -OCH3 is 3. The van der Waals surface area contributed by atoms with E-state index in [9.17, 15) is 0 Å². The molecule has 2 N–H and O–H groups in total. The highest BCUT2D eigenvalue weighted by atomic mass is 16.5. The maximum Gasteiger partial charge on any atom is 0.124 e. The van der Waals surface area contributed by atoms with Gasteiger partial charge in [-0.3, -0.25) is 0 Å². The molecule has 1 unspecified atom stereocenters. The summed E-state index contributed by atoms with van der Waals surface area (Å²) in [5.74, 6) is 2.64. The topological polar surface area (TPSA) is 55.5 Å². The minimum absolute atomic E-state index is 0.00927. The van der Waals surface area contributed by atoms with E-state index in [2.05, 4.69) is 55.3 Å². The average molecular weight is 395 g/mol. The number of hydrogen-bond acceptors (Lipinski definition) is 4. The number of H-pyrrole nitrogens is 1. The Morgan fingerprint density at radius 3 is 2.34 bits per heavy atom. The maximum absolute atomic E-state index is 5.83. The summed E-state index contributed by atoms with van der Waals surface area (Å²) in [4.78, 5) is 3.64. The molecular formula is C24H30N2O3. The average Bonchev–Trinajstić information content (AvgIpc) is 3.09. The smallest absolute Gasteiger partial charge is 0.124 e. The predicted octanol–water partition coefficient (Wildman–Crippen LogP) is 4.73. The first-order valence-electron chi connectivity index (χ1n) is 10.1. The first-order valence-corrected chi connectivity index (χ1v) is 10.1. The van der Waals surface area contributed by atoms with Gasteiger partial charge in [0.05, 0.1) is 27.4 Å². The van der Waals surface area contributed by atoms with Gasteiger partial charge in [-0.1, -0.05) is 20.8 Å². The van der Waals surface area contributed by atoms with Crippen molar-refractivity contribution in [3.63, 3.8) is 0 Å². The van der Waals surface area contributed by atoms with Gasteiger partial charge in [0.1, 0.15) is 17.2 Å². The Labute approximate surface area is 172 Å². The summed E-state index contributed by atoms with van der Waals surface area (Å²) in [5, 5.41) is 4.89. The fourth-order valence-electron chi connectivity index (χ4n) is 4.33. The number of nitrogens with one attached hydrogen (secondary N) is 2. The van der Waals surface area contributed by atoms with Crippen LogP contribution >= 0.6 is 0 Å². The van der Waals surface area contributed by atoms with Gasteiger partial charge in [-0.05, 0) is 47.7 Å². The van der Waals surface area contributed by atoms with Crippen molar-refractivity contribution in [1.82, 2.24) is 10.3 Å². The number of ether oxygens (including phenoxy) is 3. The second kappa shape index (κ2) is 7.30. The second-order valence-electron chi connectivity index (χ2n) is 8.61. The highest BCUT2D eigenvalue weighted by molar-refractivity contribution is 5.87. The molecule has 0 fully saturated rings. The first kappa shape index (κ1) is 19.6. The lowest BCUT2D eigenvalue weighted by atomic mass is 9.84. The largest absolute Gasteiger partial charge is 0.497 e. The zero-order chi connectivity index (χ0) is 20.8. The van der Waals surface area contributed by atoms with Gasteiger partial charge >= 0.3 is 0 Å². The Hall–Kier alpha value is -2.66. The van der Waals surface area contributed by atoms with E-state index >= 15 is 0 Å². The Bertz CT molecular complexity index is 1050. The Kier molecular flexibility index (Phi) is 4.95. The van der Waals surface area contributed by atoms with E-state index in [1.807, 2.05) is 6.07 Å². The summed E-state index contributed by atoms with van der Waals surface area (Å²) in [6, 6.07) is 10.5. The van der Waals surface area contributed by atoms with Gasteiger partial charge in [-0.15, -0.1) is 0 Å². The molecule has 3 aromatic rings. The molecule has 4 rings (SSSR count). The molecule has 0 spiro atoms. The van der Waals surface area contributed by atoms with Crippen molar-refractivity contribution in [2.75, 3.05) is 27.9 Å². The fourth-order valence-corrected chi connectivity index (χ4v) is 4.33. The maximum atomic E-state index is 5.83. The van der Waals surface area contributed by atoms with Crippen molar-refractivity contribution >= 4 is 10.9 Å². The van der Waals surface area contributed by atoms with Crippen LogP contribution in [0.4, 0.5) is 0 Å². The molecule has 0 amide bonds. The van der Waals surface area contributed by atoms with E-state index in [1.165, 1.54) is 16.6 Å². The molecule has 5 heteroatoms. The SMILES string of the molecule is COc1ccc2[nH]c3c(c2c1)CCNC3c1cc(OC)c(C(C)(C)C)cc1OC. The number of aromatic nitrogens is 1. The summed E-state index contributed by atoms with van der Waals surface area (Å²) < 4.78 is 17.0. The monoisotopic (exact) mass is 394 g/mol. The van der Waals surface area contributed by atoms with Gasteiger partial charge in [0.15, 0.2) is 0 Å². The zero-order valence-electron chi connectivity index (χ0n) is 18.1. The first-order chi connectivity index (χ1) is 13.9. The standard InChI is InChI=1S/C24H30N2O3/c1-24(2,3)18-13-20(28-5)17(12-21(18)29-6)22-23-15(9-10-25-22)16-11-14(27-4)7-8-19(16)26-23/h7-8,11-13,22,25-26H,9-10H2,1-6H3. The third kappa shape index (κ3) is 3.33. The van der Waals surface area contributed by atoms with Crippen molar-refractivity contribution in [1.29, 1.82) is 0 Å². The molecule has 2 aromatic carbocycles. The van der Waals surface area contributed by atoms with Crippen molar-refractivity contribution in [3.8, 4) is 17.2 Å². The van der Waals surface area contributed by atoms with Crippen LogP contribution in [-0.2, 0) is 11.8 Å². The normalized spacial score (nSPS) is 16.6. The lowest BCUT2D eigenvalue weighted by molar-refractivity contribution is 0.380. The van der Waals surface area contributed by atoms with E-state index in [-0.39, 0.29) is 11.5 Å². The summed E-state index contributed by atoms with van der Waals surface area (Å²) >= 11 is 0. The highest BCUT2D eigenvalue weighted by Gasteiger charge is 2.30. The van der Waals surface area contributed by atoms with Crippen LogP contribution in [0.1, 0.15) is 49.2 Å². The molecule has 0 bridgehead atoms. The summed E-state index contributed by atoms with van der Waals surface area (Å²) in [7, 11) is 5.17. The quantitative estimate of drug-likeness (QED) is 0.672. The van der Waals surface area contributed by atoms with Gasteiger partial charge in [0.25, 0.3) is 0 Å². The number of rotatable bonds is 4. The number of benzene rings is 2. The van der Waals surface area contributed by atoms with Crippen LogP contribution in [0, 0.1) is 0 Å². The van der Waals surface area contributed by atoms with Gasteiger partial charge in [0, 0.05) is 34.3 Å². The Morgan fingerprint density at radius 2 is 1.69 bits per heavy atom. The molecule has 29 heavy (non-hydrogen) atoms. The van der Waals surface area contributed by atoms with Crippen LogP contribution in [-0.4, -0.2) is 32.9 Å². The van der Waals surface area contributed by atoms with Crippen molar-refractivity contribution in [2.24, 2.45) is 0 Å². The van der Waals surface area contributed by atoms with Crippen LogP contribution < -0.4 is 19.5 Å². The van der Waals surface area contributed by atoms with Gasteiger partial charge < -0.3 is 24.5 Å². The van der Waals surface area contributed by atoms with Crippen LogP contribution in [0.15, 0.2) is 30.3 Å². The number of aromatic amines is 1. The minimum atomic E-state index is -0.0417. The van der Waals surface area contributed by atoms with E-state index in [0.29, 0.717) is 0 Å². The molecule has 154 valence electrons. The minimum Gasteiger partial charge on any atom is -0.497 e. The summed E-state index contributed by atoms with van der Waals surface area (Å²) in [5.41, 5.74) is 5.82. The third-order valence-electron chi connectivity index (χ3n) is 5.83. The summed E-state index contributed by atoms with van der Waals surface area (Å²) in [6.45, 7) is 7.46. The molecule has 1 aliphatic rings. The van der Waals surface area contributed by atoms with Crippen molar-refractivity contribution in [3.05, 3.63) is 52.7 Å². The molecular weight excluding hydrogens is 364 g/mol. The molecule has 2 heterocycles. The molecule has 0 saturated heterocycles. The number of hydrogen-bond donors (Lipinski definition) is 2. The lowest BCUT2D eigenvalue weighted by Gasteiger charge is -2.29. The third-order valence-corrected chi connectivity index (χ3v) is 5.83. The molecule has 1 atom stereocenters. The molecule has 5 nitrogen and oxygen atoms in total. The molecule has 0 saturated carbocycles. The molecule has 0 radical (unpaired) electrons. The summed E-state index contributed by atoms with van der Waals surface area (Å²) in [6.07, 6.45) is 0.971. The van der Waals surface area contributed by atoms with Gasteiger partial charge in [0.2, 0.25) is 0 Å². The molecule has 0 aliphatic carbocycles. The van der Waals surface area contributed by atoms with Gasteiger partial charge in [-0.25, -0.2) is 0 Å².